The fourth-order valence-electron chi connectivity index (χ4n) is 5.10. The van der Waals surface area contributed by atoms with Gasteiger partial charge in [-0.05, 0) is 34.1 Å². The smallest absolute Gasteiger partial charge is 0.203 e. The lowest BCUT2D eigenvalue weighted by Gasteiger charge is -2.21. The lowest BCUT2D eigenvalue weighted by Crippen LogP contribution is -2.33. The number of halogens is 14. The van der Waals surface area contributed by atoms with Gasteiger partial charge < -0.3 is 0 Å². The highest BCUT2D eigenvalue weighted by Gasteiger charge is 2.44. The van der Waals surface area contributed by atoms with Gasteiger partial charge in [0.15, 0.2) is 46.5 Å². The summed E-state index contributed by atoms with van der Waals surface area (Å²) in [7, 11) is 0. The molecule has 0 radical (unpaired) electrons. The van der Waals surface area contributed by atoms with Gasteiger partial charge in [-0.25, -0.2) is 35.1 Å². The minimum atomic E-state index is -5.86. The molecule has 0 aromatic heterocycles. The normalized spacial score (nSPS) is 13.7. The zero-order chi connectivity index (χ0) is 31.0. The van der Waals surface area contributed by atoms with Crippen molar-refractivity contribution in [2.45, 2.75) is 25.2 Å². The molecule has 14 heteroatoms. The zero-order valence-electron chi connectivity index (χ0n) is 20.2. The maximum Gasteiger partial charge on any atom is 0.422 e. The molecule has 4 aromatic rings. The van der Waals surface area contributed by atoms with Gasteiger partial charge in [-0.2, -0.15) is 26.3 Å². The first-order valence-electron chi connectivity index (χ1n) is 11.6. The standard InChI is InChI=1S/C28H10F14/c29-19-15(20(30)24(34)17(23(19)33)27(37,38)39)13-9-5-1-2-6-10(9)14(12-8-4-3-7-11(12)13)16-21(31)25(35)18(28(40,41)42)26(36)22(16)32/h1-2,5-8H,3-4H2. The van der Waals surface area contributed by atoms with E-state index < -0.39 is 113 Å². The van der Waals surface area contributed by atoms with Crippen LogP contribution in [0.4, 0.5) is 61.5 Å². The Morgan fingerprint density at radius 3 is 0.952 bits per heavy atom. The van der Waals surface area contributed by atoms with Gasteiger partial charge in [0, 0.05) is 11.1 Å². The molecule has 0 atom stereocenters. The fraction of sp³-hybridized carbons (Fsp3) is 0.143. The molecule has 42 heavy (non-hydrogen) atoms. The summed E-state index contributed by atoms with van der Waals surface area (Å²) in [4.78, 5) is 0. The van der Waals surface area contributed by atoms with Crippen LogP contribution in [0.2, 0.25) is 0 Å². The molecular weight excluding hydrogens is 602 g/mol. The summed E-state index contributed by atoms with van der Waals surface area (Å²) >= 11 is 0. The van der Waals surface area contributed by atoms with Gasteiger partial charge in [0.2, 0.25) is 0 Å². The van der Waals surface area contributed by atoms with E-state index in [0.29, 0.717) is 0 Å². The Morgan fingerprint density at radius 2 is 0.690 bits per heavy atom. The third kappa shape index (κ3) is 4.21. The van der Waals surface area contributed by atoms with Crippen molar-refractivity contribution in [1.29, 1.82) is 0 Å². The summed E-state index contributed by atoms with van der Waals surface area (Å²) in [6, 6.07) is 4.22. The highest BCUT2D eigenvalue weighted by atomic mass is 19.4. The van der Waals surface area contributed by atoms with Gasteiger partial charge in [-0.15, -0.1) is 0 Å². The summed E-state index contributed by atoms with van der Waals surface area (Å²) in [6.07, 6.45) is -9.48. The third-order valence-corrected chi connectivity index (χ3v) is 6.75. The van der Waals surface area contributed by atoms with Crippen LogP contribution in [0.5, 0.6) is 0 Å². The highest BCUT2D eigenvalue weighted by molar-refractivity contribution is 6.06. The van der Waals surface area contributed by atoms with Gasteiger partial charge >= 0.3 is 12.4 Å². The van der Waals surface area contributed by atoms with E-state index in [1.54, 1.807) is 0 Å². The first-order chi connectivity index (χ1) is 19.5. The molecule has 4 aromatic carbocycles. The highest BCUT2D eigenvalue weighted by Crippen LogP contribution is 2.44. The summed E-state index contributed by atoms with van der Waals surface area (Å²) in [5.41, 5.74) is -10.5. The van der Waals surface area contributed by atoms with Crippen LogP contribution in [0.25, 0.3) is 45.2 Å². The van der Waals surface area contributed by atoms with Crippen molar-refractivity contribution in [1.82, 2.24) is 0 Å². The molecule has 0 bridgehead atoms. The van der Waals surface area contributed by atoms with Crippen molar-refractivity contribution in [3.05, 3.63) is 92.4 Å². The van der Waals surface area contributed by atoms with Crippen LogP contribution >= 0.6 is 0 Å². The predicted octanol–water partition coefficient (Wildman–Crippen LogP) is 8.68. The number of benzene rings is 4. The Labute approximate surface area is 224 Å². The second-order valence-corrected chi connectivity index (χ2v) is 9.12. The molecule has 0 amide bonds. The number of hydrogen-bond donors (Lipinski definition) is 0. The monoisotopic (exact) mass is 612 g/mol. The Balaban J connectivity index is 2.02. The molecule has 0 spiro atoms. The van der Waals surface area contributed by atoms with Crippen molar-refractivity contribution in [2.24, 2.45) is 0 Å². The van der Waals surface area contributed by atoms with Crippen LogP contribution in [-0.2, 0) is 12.4 Å². The van der Waals surface area contributed by atoms with E-state index in [1.165, 1.54) is 0 Å². The molecule has 0 aliphatic heterocycles. The van der Waals surface area contributed by atoms with E-state index in [4.69, 9.17) is 0 Å². The first-order valence-corrected chi connectivity index (χ1v) is 11.6. The van der Waals surface area contributed by atoms with E-state index in [0.717, 1.165) is 36.4 Å². The van der Waals surface area contributed by atoms with Crippen LogP contribution in [0, 0.1) is 46.5 Å². The minimum Gasteiger partial charge on any atom is -0.203 e. The Bertz CT molecular complexity index is 1730. The van der Waals surface area contributed by atoms with Crippen LogP contribution < -0.4 is 10.4 Å². The molecule has 1 aliphatic rings. The first kappa shape index (κ1) is 29.4. The topological polar surface area (TPSA) is 0 Å². The lowest BCUT2D eigenvalue weighted by molar-refractivity contribution is -0.144. The zero-order valence-corrected chi connectivity index (χ0v) is 20.2. The minimum absolute atomic E-state index is 0.00663. The number of rotatable bonds is 2. The third-order valence-electron chi connectivity index (χ3n) is 6.75. The average Bonchev–Trinajstić information content (AvgIpc) is 2.90. The van der Waals surface area contributed by atoms with E-state index in [9.17, 15) is 43.9 Å². The van der Waals surface area contributed by atoms with Crippen LogP contribution in [-0.4, -0.2) is 0 Å². The van der Waals surface area contributed by atoms with Crippen LogP contribution in [0.3, 0.4) is 0 Å². The fourth-order valence-corrected chi connectivity index (χ4v) is 5.10. The Morgan fingerprint density at radius 1 is 0.405 bits per heavy atom. The largest absolute Gasteiger partial charge is 0.422 e. The van der Waals surface area contributed by atoms with Crippen molar-refractivity contribution in [3.63, 3.8) is 0 Å². The van der Waals surface area contributed by atoms with E-state index in [-0.39, 0.29) is 12.8 Å². The quantitative estimate of drug-likeness (QED) is 0.157. The molecule has 0 nitrogen and oxygen atoms in total. The van der Waals surface area contributed by atoms with Crippen LogP contribution in [0.1, 0.15) is 24.0 Å². The van der Waals surface area contributed by atoms with E-state index in [2.05, 4.69) is 0 Å². The van der Waals surface area contributed by atoms with Gasteiger partial charge in [0.25, 0.3) is 0 Å². The molecule has 0 saturated heterocycles. The Kier molecular flexibility index (Phi) is 6.81. The maximum atomic E-state index is 15.2. The maximum absolute atomic E-state index is 15.2. The second-order valence-electron chi connectivity index (χ2n) is 9.12. The van der Waals surface area contributed by atoms with Gasteiger partial charge in [-0.1, -0.05) is 36.4 Å². The molecule has 0 unspecified atom stereocenters. The summed E-state index contributed by atoms with van der Waals surface area (Å²) < 4.78 is 198. The molecular formula is C28H10F14. The summed E-state index contributed by atoms with van der Waals surface area (Å²) in [5, 5.41) is -1.97. The average molecular weight is 612 g/mol. The van der Waals surface area contributed by atoms with Crippen molar-refractivity contribution >= 4 is 22.9 Å². The molecule has 0 saturated carbocycles. The number of hydrogen-bond acceptors (Lipinski definition) is 0. The molecule has 5 rings (SSSR count). The summed E-state index contributed by atoms with van der Waals surface area (Å²) in [5.74, 6) is -21.0. The summed E-state index contributed by atoms with van der Waals surface area (Å²) in [6.45, 7) is 0. The molecule has 1 aliphatic carbocycles. The van der Waals surface area contributed by atoms with Gasteiger partial charge in [-0.3, -0.25) is 0 Å². The Hall–Kier alpha value is -4.10. The van der Waals surface area contributed by atoms with Gasteiger partial charge in [0.05, 0.1) is 11.1 Å². The van der Waals surface area contributed by atoms with Crippen LogP contribution in [0.15, 0.2) is 24.3 Å². The van der Waals surface area contributed by atoms with Crippen molar-refractivity contribution in [3.8, 4) is 22.3 Å². The van der Waals surface area contributed by atoms with Gasteiger partial charge in [0.1, 0.15) is 11.1 Å². The SMILES string of the molecule is Fc1c(F)c(C(F)(F)F)c(F)c(F)c1-c1c2c(c(-c3c(F)c(F)c(C(F)(F)F)c(F)c3F)c3ccccc13)=CCCC=2. The molecule has 220 valence electrons. The molecule has 0 N–H and O–H groups in total. The number of alkyl halides is 6. The molecule has 0 fully saturated rings. The molecule has 0 heterocycles. The van der Waals surface area contributed by atoms with E-state index in [1.807, 2.05) is 0 Å². The lowest BCUT2D eigenvalue weighted by atomic mass is 9.85. The predicted molar refractivity (Wildman–Crippen MR) is 122 cm³/mol. The van der Waals surface area contributed by atoms with Crippen molar-refractivity contribution in [2.75, 3.05) is 0 Å². The second kappa shape index (κ2) is 9.73. The number of fused-ring (bicyclic) bond motifs is 2. The van der Waals surface area contributed by atoms with E-state index >= 15 is 17.6 Å². The van der Waals surface area contributed by atoms with Crippen molar-refractivity contribution < 1.29 is 61.5 Å².